The number of hydrogen-bond acceptors (Lipinski definition) is 3. The fourth-order valence-electron chi connectivity index (χ4n) is 1.86. The molecule has 0 fully saturated rings. The zero-order chi connectivity index (χ0) is 13.4. The third-order valence-electron chi connectivity index (χ3n) is 3.02. The molecule has 0 aliphatic heterocycles. The molecule has 4 heteroatoms. The highest BCUT2D eigenvalue weighted by atomic mass is 16.1. The van der Waals surface area contributed by atoms with Crippen molar-refractivity contribution in [1.82, 2.24) is 9.55 Å². The molecule has 0 aromatic carbocycles. The first-order chi connectivity index (χ1) is 8.61. The fraction of sp³-hybridized carbons (Fsp3) is 0.714. The van der Waals surface area contributed by atoms with Gasteiger partial charge in [-0.1, -0.05) is 39.5 Å². The van der Waals surface area contributed by atoms with E-state index in [1.165, 1.54) is 30.3 Å². The van der Waals surface area contributed by atoms with Crippen LogP contribution in [0.1, 0.15) is 46.0 Å². The molecule has 0 bridgehead atoms. The van der Waals surface area contributed by atoms with Crippen molar-refractivity contribution in [1.29, 1.82) is 0 Å². The number of unbranched alkanes of at least 4 members (excludes halogenated alkanes) is 3. The number of hydrogen-bond donors (Lipinski definition) is 1. The predicted octanol–water partition coefficient (Wildman–Crippen LogP) is 2.80. The van der Waals surface area contributed by atoms with Gasteiger partial charge in [-0.2, -0.15) is 0 Å². The van der Waals surface area contributed by atoms with Gasteiger partial charge in [0.05, 0.1) is 0 Å². The van der Waals surface area contributed by atoms with E-state index in [2.05, 4.69) is 24.1 Å². The third-order valence-corrected chi connectivity index (χ3v) is 3.02. The molecule has 1 aromatic heterocycles. The molecular weight excluding hydrogens is 226 g/mol. The molecule has 1 aromatic rings. The van der Waals surface area contributed by atoms with Crippen molar-refractivity contribution < 1.29 is 0 Å². The number of nitrogens with zero attached hydrogens (tertiary/aromatic N) is 2. The molecule has 0 atom stereocenters. The van der Waals surface area contributed by atoms with Crippen LogP contribution in [-0.4, -0.2) is 16.1 Å². The van der Waals surface area contributed by atoms with Crippen LogP contribution < -0.4 is 10.9 Å². The zero-order valence-corrected chi connectivity index (χ0v) is 11.8. The van der Waals surface area contributed by atoms with Gasteiger partial charge in [-0.25, -0.2) is 4.98 Å². The van der Waals surface area contributed by atoms with Gasteiger partial charge in [0, 0.05) is 26.0 Å². The van der Waals surface area contributed by atoms with Gasteiger partial charge in [-0.05, 0) is 12.3 Å². The molecule has 0 saturated carbocycles. The van der Waals surface area contributed by atoms with E-state index in [1.54, 1.807) is 19.4 Å². The molecule has 0 saturated heterocycles. The number of nitrogens with one attached hydrogen (secondary N) is 1. The minimum atomic E-state index is -0.0580. The van der Waals surface area contributed by atoms with Crippen molar-refractivity contribution in [3.05, 3.63) is 22.7 Å². The summed E-state index contributed by atoms with van der Waals surface area (Å²) in [5, 5.41) is 3.11. The van der Waals surface area contributed by atoms with E-state index in [0.29, 0.717) is 5.82 Å². The molecule has 0 amide bonds. The van der Waals surface area contributed by atoms with Gasteiger partial charge in [-0.3, -0.25) is 4.79 Å². The number of aryl methyl sites for hydroxylation is 1. The lowest BCUT2D eigenvalue weighted by atomic mass is 10.0. The summed E-state index contributed by atoms with van der Waals surface area (Å²) < 4.78 is 1.54. The minimum Gasteiger partial charge on any atom is -0.365 e. The lowest BCUT2D eigenvalue weighted by Gasteiger charge is -2.06. The molecule has 1 rings (SSSR count). The average Bonchev–Trinajstić information content (AvgIpc) is 2.32. The fourth-order valence-corrected chi connectivity index (χ4v) is 1.86. The Morgan fingerprint density at radius 2 is 2.00 bits per heavy atom. The first-order valence-electron chi connectivity index (χ1n) is 6.86. The van der Waals surface area contributed by atoms with Crippen LogP contribution in [0.4, 0.5) is 5.82 Å². The van der Waals surface area contributed by atoms with E-state index in [0.717, 1.165) is 18.9 Å². The number of aromatic nitrogens is 2. The Bertz CT molecular complexity index is 398. The topological polar surface area (TPSA) is 46.9 Å². The van der Waals surface area contributed by atoms with E-state index in [4.69, 9.17) is 0 Å². The quantitative estimate of drug-likeness (QED) is 0.723. The summed E-state index contributed by atoms with van der Waals surface area (Å²) >= 11 is 0. The maximum absolute atomic E-state index is 11.6. The average molecular weight is 251 g/mol. The van der Waals surface area contributed by atoms with Crippen molar-refractivity contribution in [3.63, 3.8) is 0 Å². The predicted molar refractivity (Wildman–Crippen MR) is 75.9 cm³/mol. The molecule has 0 spiro atoms. The van der Waals surface area contributed by atoms with Crippen LogP contribution in [0.3, 0.4) is 0 Å². The van der Waals surface area contributed by atoms with Crippen LogP contribution in [-0.2, 0) is 7.05 Å². The number of rotatable bonds is 8. The maximum Gasteiger partial charge on any atom is 0.293 e. The Hall–Kier alpha value is -1.32. The van der Waals surface area contributed by atoms with Crippen LogP contribution in [0.15, 0.2) is 17.2 Å². The van der Waals surface area contributed by atoms with E-state index in [9.17, 15) is 4.79 Å². The molecule has 1 N–H and O–H groups in total. The summed E-state index contributed by atoms with van der Waals surface area (Å²) in [6, 6.07) is 0. The molecule has 18 heavy (non-hydrogen) atoms. The van der Waals surface area contributed by atoms with Crippen molar-refractivity contribution in [3.8, 4) is 0 Å². The first kappa shape index (κ1) is 14.7. The second-order valence-electron chi connectivity index (χ2n) is 5.22. The molecule has 102 valence electrons. The second-order valence-corrected chi connectivity index (χ2v) is 5.22. The monoisotopic (exact) mass is 251 g/mol. The molecule has 0 aliphatic carbocycles. The largest absolute Gasteiger partial charge is 0.365 e. The molecule has 0 unspecified atom stereocenters. The standard InChI is InChI=1S/C14H25N3O/c1-12(2)8-6-4-5-7-9-15-13-14(18)17(3)11-10-16-13/h10-12H,4-9H2,1-3H3,(H,15,16). The smallest absolute Gasteiger partial charge is 0.293 e. The van der Waals surface area contributed by atoms with E-state index in [1.807, 2.05) is 0 Å². The minimum absolute atomic E-state index is 0.0580. The normalized spacial score (nSPS) is 10.9. The Kier molecular flexibility index (Phi) is 6.47. The van der Waals surface area contributed by atoms with E-state index >= 15 is 0 Å². The number of anilines is 1. The summed E-state index contributed by atoms with van der Waals surface area (Å²) in [4.78, 5) is 15.7. The van der Waals surface area contributed by atoms with Gasteiger partial charge in [-0.15, -0.1) is 0 Å². The van der Waals surface area contributed by atoms with Gasteiger partial charge >= 0.3 is 0 Å². The summed E-state index contributed by atoms with van der Waals surface area (Å²) in [6.07, 6.45) is 9.52. The Morgan fingerprint density at radius 3 is 2.72 bits per heavy atom. The molecule has 0 radical (unpaired) electrons. The Morgan fingerprint density at radius 1 is 1.28 bits per heavy atom. The lowest BCUT2D eigenvalue weighted by molar-refractivity contribution is 0.523. The zero-order valence-electron chi connectivity index (χ0n) is 11.8. The highest BCUT2D eigenvalue weighted by Crippen LogP contribution is 2.09. The lowest BCUT2D eigenvalue weighted by Crippen LogP contribution is -2.22. The highest BCUT2D eigenvalue weighted by molar-refractivity contribution is 5.30. The van der Waals surface area contributed by atoms with Gasteiger partial charge in [0.15, 0.2) is 5.82 Å². The van der Waals surface area contributed by atoms with Crippen LogP contribution in [0.25, 0.3) is 0 Å². The first-order valence-corrected chi connectivity index (χ1v) is 6.86. The maximum atomic E-state index is 11.6. The SMILES string of the molecule is CC(C)CCCCCCNc1nccn(C)c1=O. The molecular formula is C14H25N3O. The molecule has 0 aliphatic rings. The summed E-state index contributed by atoms with van der Waals surface area (Å²) in [7, 11) is 1.74. The van der Waals surface area contributed by atoms with Crippen molar-refractivity contribution >= 4 is 5.82 Å². The van der Waals surface area contributed by atoms with Gasteiger partial charge in [0.1, 0.15) is 0 Å². The van der Waals surface area contributed by atoms with Crippen molar-refractivity contribution in [2.24, 2.45) is 13.0 Å². The highest BCUT2D eigenvalue weighted by Gasteiger charge is 2.00. The van der Waals surface area contributed by atoms with Crippen LogP contribution in [0.5, 0.6) is 0 Å². The Labute approximate surface area is 109 Å². The summed E-state index contributed by atoms with van der Waals surface area (Å²) in [5.74, 6) is 1.27. The van der Waals surface area contributed by atoms with Crippen LogP contribution in [0.2, 0.25) is 0 Å². The summed E-state index contributed by atoms with van der Waals surface area (Å²) in [5.41, 5.74) is -0.0580. The van der Waals surface area contributed by atoms with Crippen LogP contribution in [0, 0.1) is 5.92 Å². The molecule has 4 nitrogen and oxygen atoms in total. The Balaban J connectivity index is 2.15. The van der Waals surface area contributed by atoms with Crippen LogP contribution >= 0.6 is 0 Å². The third kappa shape index (κ3) is 5.34. The van der Waals surface area contributed by atoms with E-state index < -0.39 is 0 Å². The van der Waals surface area contributed by atoms with Crippen molar-refractivity contribution in [2.45, 2.75) is 46.0 Å². The van der Waals surface area contributed by atoms with Gasteiger partial charge < -0.3 is 9.88 Å². The molecule has 1 heterocycles. The van der Waals surface area contributed by atoms with Gasteiger partial charge in [0.2, 0.25) is 0 Å². The van der Waals surface area contributed by atoms with Gasteiger partial charge in [0.25, 0.3) is 5.56 Å². The van der Waals surface area contributed by atoms with E-state index in [-0.39, 0.29) is 5.56 Å². The van der Waals surface area contributed by atoms with Crippen molar-refractivity contribution in [2.75, 3.05) is 11.9 Å². The summed E-state index contributed by atoms with van der Waals surface area (Å²) in [6.45, 7) is 5.35. The second kappa shape index (κ2) is 7.90.